The predicted octanol–water partition coefficient (Wildman–Crippen LogP) is 5.52. The minimum atomic E-state index is -0.742. The summed E-state index contributed by atoms with van der Waals surface area (Å²) in [6.07, 6.45) is 0. The van der Waals surface area contributed by atoms with Crippen LogP contribution in [-0.4, -0.2) is 18.5 Å². The van der Waals surface area contributed by atoms with Gasteiger partial charge in [0.1, 0.15) is 17.4 Å². The second kappa shape index (κ2) is 9.94. The molecule has 1 aromatic heterocycles. The molecule has 4 aromatic rings. The molecule has 0 fully saturated rings. The molecule has 0 radical (unpaired) electrons. The Bertz CT molecular complexity index is 1390. The molecule has 0 bridgehead atoms. The average Bonchev–Trinajstić information content (AvgIpc) is 3.23. The zero-order chi connectivity index (χ0) is 24.1. The van der Waals surface area contributed by atoms with E-state index in [1.54, 1.807) is 0 Å². The molecule has 3 N–H and O–H groups in total. The molecule has 34 heavy (non-hydrogen) atoms. The maximum absolute atomic E-state index is 12.5. The molecule has 0 saturated heterocycles. The third kappa shape index (κ3) is 4.77. The highest BCUT2D eigenvalue weighted by Gasteiger charge is 2.24. The van der Waals surface area contributed by atoms with Gasteiger partial charge in [-0.1, -0.05) is 72.3 Å². The van der Waals surface area contributed by atoms with Crippen molar-refractivity contribution >= 4 is 35.0 Å². The van der Waals surface area contributed by atoms with Crippen molar-refractivity contribution in [3.8, 4) is 28.5 Å². The van der Waals surface area contributed by atoms with Crippen LogP contribution in [0.5, 0.6) is 0 Å². The Morgan fingerprint density at radius 2 is 1.65 bits per heavy atom. The van der Waals surface area contributed by atoms with Gasteiger partial charge in [0.05, 0.1) is 16.3 Å². The number of ether oxygens (including phenoxy) is 1. The third-order valence-corrected chi connectivity index (χ3v) is 5.28. The van der Waals surface area contributed by atoms with Crippen molar-refractivity contribution in [1.29, 1.82) is 5.26 Å². The van der Waals surface area contributed by atoms with Crippen LogP contribution in [0.4, 0.5) is 11.6 Å². The number of nitrogens with one attached hydrogen (secondary N) is 1. The first kappa shape index (κ1) is 22.6. The molecule has 0 aliphatic heterocycles. The topological polar surface area (TPSA) is 118 Å². The van der Waals surface area contributed by atoms with E-state index in [2.05, 4.69) is 11.4 Å². The number of hydrogen-bond acceptors (Lipinski definition) is 6. The molecule has 7 nitrogen and oxygen atoms in total. The van der Waals surface area contributed by atoms with E-state index in [4.69, 9.17) is 26.5 Å². The van der Waals surface area contributed by atoms with E-state index < -0.39 is 18.5 Å². The number of nitrogen functional groups attached to an aromatic ring is 1. The Labute approximate surface area is 200 Å². The van der Waals surface area contributed by atoms with Crippen LogP contribution in [0.25, 0.3) is 22.5 Å². The van der Waals surface area contributed by atoms with Crippen LogP contribution in [0.2, 0.25) is 5.02 Å². The van der Waals surface area contributed by atoms with Crippen molar-refractivity contribution < 1.29 is 18.7 Å². The SMILES string of the molecule is N#Cc1c(NC(=O)COC(=O)c2ccc(Cl)c(N)c2)oc(-c2ccccc2)c1-c1ccccc1. The van der Waals surface area contributed by atoms with Crippen LogP contribution in [-0.2, 0) is 9.53 Å². The zero-order valence-electron chi connectivity index (χ0n) is 17.7. The summed E-state index contributed by atoms with van der Waals surface area (Å²) >= 11 is 5.86. The zero-order valence-corrected chi connectivity index (χ0v) is 18.5. The Hall–Kier alpha value is -4.54. The van der Waals surface area contributed by atoms with Gasteiger partial charge in [-0.25, -0.2) is 4.79 Å². The lowest BCUT2D eigenvalue weighted by atomic mass is 9.98. The maximum Gasteiger partial charge on any atom is 0.338 e. The molecule has 0 saturated carbocycles. The number of nitrogens with zero attached hydrogens (tertiary/aromatic N) is 1. The maximum atomic E-state index is 12.5. The minimum absolute atomic E-state index is 0.0306. The van der Waals surface area contributed by atoms with Crippen molar-refractivity contribution in [1.82, 2.24) is 0 Å². The van der Waals surface area contributed by atoms with E-state index in [9.17, 15) is 14.9 Å². The Kier molecular flexibility index (Phi) is 6.62. The number of hydrogen-bond donors (Lipinski definition) is 2. The summed E-state index contributed by atoms with van der Waals surface area (Å²) in [5.74, 6) is -1.00. The molecule has 0 aliphatic carbocycles. The molecule has 168 valence electrons. The molecule has 1 amide bonds. The third-order valence-electron chi connectivity index (χ3n) is 4.94. The molecule has 8 heteroatoms. The van der Waals surface area contributed by atoms with Gasteiger partial charge in [-0.2, -0.15) is 5.26 Å². The van der Waals surface area contributed by atoms with Gasteiger partial charge >= 0.3 is 5.97 Å². The van der Waals surface area contributed by atoms with E-state index >= 15 is 0 Å². The van der Waals surface area contributed by atoms with Crippen LogP contribution >= 0.6 is 11.6 Å². The van der Waals surface area contributed by atoms with Crippen molar-refractivity contribution in [2.75, 3.05) is 17.7 Å². The lowest BCUT2D eigenvalue weighted by Crippen LogP contribution is -2.21. The van der Waals surface area contributed by atoms with Gasteiger partial charge in [-0.05, 0) is 23.8 Å². The van der Waals surface area contributed by atoms with Gasteiger partial charge in [0.15, 0.2) is 6.61 Å². The van der Waals surface area contributed by atoms with E-state index in [1.165, 1.54) is 18.2 Å². The first-order chi connectivity index (χ1) is 16.5. The minimum Gasteiger partial charge on any atom is -0.452 e. The number of rotatable bonds is 6. The number of anilines is 2. The number of esters is 1. The molecule has 0 aliphatic rings. The fraction of sp³-hybridized carbons (Fsp3) is 0.0385. The Morgan fingerprint density at radius 3 is 2.26 bits per heavy atom. The lowest BCUT2D eigenvalue weighted by Gasteiger charge is -2.06. The summed E-state index contributed by atoms with van der Waals surface area (Å²) in [6, 6.07) is 24.9. The highest BCUT2D eigenvalue weighted by atomic mass is 35.5. The van der Waals surface area contributed by atoms with Gasteiger partial charge in [-0.3, -0.25) is 10.1 Å². The van der Waals surface area contributed by atoms with Gasteiger partial charge in [0.25, 0.3) is 5.91 Å². The molecule has 0 atom stereocenters. The van der Waals surface area contributed by atoms with Gasteiger partial charge in [-0.15, -0.1) is 0 Å². The first-order valence-corrected chi connectivity index (χ1v) is 10.6. The van der Waals surface area contributed by atoms with E-state index in [-0.39, 0.29) is 22.7 Å². The fourth-order valence-corrected chi connectivity index (χ4v) is 3.46. The number of carbonyl (C=O) groups excluding carboxylic acids is 2. The molecule has 3 aromatic carbocycles. The number of amides is 1. The first-order valence-electron chi connectivity index (χ1n) is 10.2. The second-order valence-corrected chi connectivity index (χ2v) is 7.62. The van der Waals surface area contributed by atoms with Crippen molar-refractivity contribution in [3.63, 3.8) is 0 Å². The molecule has 0 unspecified atom stereocenters. The van der Waals surface area contributed by atoms with Gasteiger partial charge < -0.3 is 14.9 Å². The van der Waals surface area contributed by atoms with Crippen molar-refractivity contribution in [2.24, 2.45) is 0 Å². The average molecular weight is 472 g/mol. The van der Waals surface area contributed by atoms with E-state index in [0.29, 0.717) is 16.3 Å². The van der Waals surface area contributed by atoms with Gasteiger partial charge in [0, 0.05) is 11.1 Å². The van der Waals surface area contributed by atoms with Crippen LogP contribution in [0.15, 0.2) is 83.3 Å². The monoisotopic (exact) mass is 471 g/mol. The van der Waals surface area contributed by atoms with Crippen LogP contribution in [0.3, 0.4) is 0 Å². The quantitative estimate of drug-likeness (QED) is 0.282. The fourth-order valence-electron chi connectivity index (χ4n) is 3.35. The number of halogens is 1. The molecular formula is C26H18ClN3O4. The number of carbonyl (C=O) groups is 2. The predicted molar refractivity (Wildman–Crippen MR) is 129 cm³/mol. The molecule has 1 heterocycles. The molecule has 4 rings (SSSR count). The molecular weight excluding hydrogens is 454 g/mol. The highest BCUT2D eigenvalue weighted by molar-refractivity contribution is 6.33. The summed E-state index contributed by atoms with van der Waals surface area (Å²) in [5, 5.41) is 12.7. The number of furan rings is 1. The van der Waals surface area contributed by atoms with Crippen LogP contribution in [0, 0.1) is 11.3 Å². The Morgan fingerprint density at radius 1 is 1.00 bits per heavy atom. The van der Waals surface area contributed by atoms with E-state index in [1.807, 2.05) is 60.7 Å². The van der Waals surface area contributed by atoms with Crippen molar-refractivity contribution in [3.05, 3.63) is 95.0 Å². The second-order valence-electron chi connectivity index (χ2n) is 7.21. The van der Waals surface area contributed by atoms with Crippen molar-refractivity contribution in [2.45, 2.75) is 0 Å². The highest BCUT2D eigenvalue weighted by Crippen LogP contribution is 2.41. The van der Waals surface area contributed by atoms with E-state index in [0.717, 1.165) is 11.1 Å². The summed E-state index contributed by atoms with van der Waals surface area (Å²) < 4.78 is 11.0. The number of nitrogens with two attached hydrogens (primary N) is 1. The number of benzene rings is 3. The summed E-state index contributed by atoms with van der Waals surface area (Å²) in [5.41, 5.74) is 8.29. The molecule has 0 spiro atoms. The van der Waals surface area contributed by atoms with Crippen LogP contribution in [0.1, 0.15) is 15.9 Å². The van der Waals surface area contributed by atoms with Gasteiger partial charge in [0.2, 0.25) is 5.88 Å². The summed E-state index contributed by atoms with van der Waals surface area (Å²) in [7, 11) is 0. The largest absolute Gasteiger partial charge is 0.452 e. The summed E-state index contributed by atoms with van der Waals surface area (Å²) in [4.78, 5) is 24.8. The van der Waals surface area contributed by atoms with Crippen LogP contribution < -0.4 is 11.1 Å². The Balaban J connectivity index is 1.59. The summed E-state index contributed by atoms with van der Waals surface area (Å²) in [6.45, 7) is -0.589. The normalized spacial score (nSPS) is 10.4. The standard InChI is InChI=1S/C26H18ClN3O4/c27-20-12-11-18(13-21(20)29)26(32)33-15-22(31)30-25-19(14-28)23(16-7-3-1-4-8-16)24(34-25)17-9-5-2-6-10-17/h1-13H,15,29H2,(H,30,31). The smallest absolute Gasteiger partial charge is 0.338 e. The number of nitriles is 1. The lowest BCUT2D eigenvalue weighted by molar-refractivity contribution is -0.119.